The fourth-order valence-electron chi connectivity index (χ4n) is 5.61. The number of amides is 4. The number of hydrogen-bond acceptors (Lipinski definition) is 15. The Morgan fingerprint density at radius 1 is 0.967 bits per heavy atom. The van der Waals surface area contributed by atoms with Crippen molar-refractivity contribution in [2.24, 2.45) is 5.16 Å². The third kappa shape index (κ3) is 13.0. The lowest BCUT2D eigenvalue weighted by atomic mass is 10.0. The van der Waals surface area contributed by atoms with Crippen LogP contribution in [0, 0.1) is 0 Å². The van der Waals surface area contributed by atoms with Gasteiger partial charge in [0.25, 0.3) is 11.8 Å². The Morgan fingerprint density at radius 3 is 2.22 bits per heavy atom. The first kappa shape index (κ1) is 46.1. The Hall–Kier alpha value is -4.98. The molecule has 19 heteroatoms. The zero-order valence-electron chi connectivity index (χ0n) is 34.2. The molecule has 60 heavy (non-hydrogen) atoms. The molecule has 320 valence electrons. The number of benzene rings is 2. The number of nitrogens with one attached hydrogen (secondary N) is 3. The lowest BCUT2D eigenvalue weighted by Crippen LogP contribution is -2.71. The maximum Gasteiger partial charge on any atom is 0.413 e. The van der Waals surface area contributed by atoms with Crippen molar-refractivity contribution in [2.45, 2.75) is 70.3 Å². The molecule has 2 aliphatic heterocycles. The number of fused-ring (bicyclic) bond motifs is 1. The van der Waals surface area contributed by atoms with Crippen LogP contribution < -0.4 is 16.0 Å². The number of aromatic nitrogens is 1. The van der Waals surface area contributed by atoms with Crippen molar-refractivity contribution in [1.82, 2.24) is 20.5 Å². The van der Waals surface area contributed by atoms with E-state index in [1.54, 1.807) is 53.3 Å². The van der Waals surface area contributed by atoms with Gasteiger partial charge in [0, 0.05) is 34.1 Å². The van der Waals surface area contributed by atoms with E-state index < -0.39 is 58.7 Å². The van der Waals surface area contributed by atoms with E-state index in [-0.39, 0.29) is 22.2 Å². The van der Waals surface area contributed by atoms with Crippen LogP contribution in [0.4, 0.5) is 14.7 Å². The van der Waals surface area contributed by atoms with Crippen molar-refractivity contribution < 1.29 is 43.0 Å². The Labute approximate surface area is 365 Å². The molecule has 3 aromatic rings. The van der Waals surface area contributed by atoms with Gasteiger partial charge in [0.15, 0.2) is 16.9 Å². The second-order valence-electron chi connectivity index (χ2n) is 15.0. The Balaban J connectivity index is 1.31. The van der Waals surface area contributed by atoms with Crippen LogP contribution >= 0.6 is 46.6 Å². The number of oxime groups is 1. The van der Waals surface area contributed by atoms with Crippen molar-refractivity contribution in [1.29, 1.82) is 0 Å². The van der Waals surface area contributed by atoms with Gasteiger partial charge in [0.1, 0.15) is 41.1 Å². The molecule has 0 radical (unpaired) electrons. The molecule has 0 saturated carbocycles. The summed E-state index contributed by atoms with van der Waals surface area (Å²) in [6.45, 7) is 11.0. The molecular weight excluding hydrogens is 849 g/mol. The number of ether oxygens (including phenoxy) is 3. The van der Waals surface area contributed by atoms with Gasteiger partial charge in [0.05, 0.1) is 0 Å². The average Bonchev–Trinajstić information content (AvgIpc) is 3.65. The molecule has 3 heterocycles. The van der Waals surface area contributed by atoms with Gasteiger partial charge >= 0.3 is 18.2 Å². The minimum absolute atomic E-state index is 0.0955. The number of carbonyl (C=O) groups excluding carboxylic acids is 5. The van der Waals surface area contributed by atoms with Crippen LogP contribution in [0.3, 0.4) is 0 Å². The monoisotopic (exact) mass is 896 g/mol. The summed E-state index contributed by atoms with van der Waals surface area (Å²) in [5.74, 6) is -0.308. The van der Waals surface area contributed by atoms with E-state index in [9.17, 15) is 24.0 Å². The third-order valence-corrected chi connectivity index (χ3v) is 12.1. The normalized spacial score (nSPS) is 16.8. The summed E-state index contributed by atoms with van der Waals surface area (Å²) in [4.78, 5) is 77.5. The van der Waals surface area contributed by atoms with Gasteiger partial charge in [-0.05, 0) is 58.1 Å². The maximum atomic E-state index is 14.4. The minimum atomic E-state index is -1.02. The van der Waals surface area contributed by atoms with Crippen LogP contribution in [0.5, 0.6) is 0 Å². The second-order valence-corrected chi connectivity index (χ2v) is 19.1. The number of alkyl carbamates (subject to hydrolysis) is 1. The summed E-state index contributed by atoms with van der Waals surface area (Å²) >= 11 is 5.36. The summed E-state index contributed by atoms with van der Waals surface area (Å²) in [5, 5.41) is 14.8. The largest absolute Gasteiger partial charge is 0.448 e. The van der Waals surface area contributed by atoms with Crippen LogP contribution in [0.25, 0.3) is 0 Å². The average molecular weight is 897 g/mol. The predicted molar refractivity (Wildman–Crippen MR) is 237 cm³/mol. The topological polar surface area (TPSA) is 187 Å². The van der Waals surface area contributed by atoms with Gasteiger partial charge in [-0.15, -0.1) is 23.1 Å². The van der Waals surface area contributed by atoms with Crippen molar-refractivity contribution in [3.8, 4) is 0 Å². The van der Waals surface area contributed by atoms with E-state index >= 15 is 0 Å². The lowest BCUT2D eigenvalue weighted by Gasteiger charge is -2.49. The Bertz CT molecular complexity index is 2060. The number of esters is 1. The predicted octanol–water partition coefficient (Wildman–Crippen LogP) is 7.29. The van der Waals surface area contributed by atoms with Crippen LogP contribution in [0.15, 0.2) is 93.3 Å². The fourth-order valence-corrected chi connectivity index (χ4v) is 9.38. The highest BCUT2D eigenvalue weighted by Crippen LogP contribution is 2.45. The number of nitrogens with zero attached hydrogens (tertiary/aromatic N) is 3. The summed E-state index contributed by atoms with van der Waals surface area (Å²) < 4.78 is 16.8. The first-order valence-electron chi connectivity index (χ1n) is 18.8. The first-order chi connectivity index (χ1) is 28.5. The zero-order valence-corrected chi connectivity index (χ0v) is 37.5. The molecule has 0 aliphatic carbocycles. The second kappa shape index (κ2) is 21.0. The maximum absolute atomic E-state index is 14.4. The molecule has 0 bridgehead atoms. The van der Waals surface area contributed by atoms with E-state index in [2.05, 4.69) is 26.1 Å². The highest BCUT2D eigenvalue weighted by Gasteiger charge is 2.55. The van der Waals surface area contributed by atoms with Crippen LogP contribution in [-0.4, -0.2) is 99.1 Å². The summed E-state index contributed by atoms with van der Waals surface area (Å²) in [6.07, 6.45) is -0.00791. The smallest absolute Gasteiger partial charge is 0.413 e. The van der Waals surface area contributed by atoms with Crippen LogP contribution in [0.1, 0.15) is 64.5 Å². The first-order valence-corrected chi connectivity index (χ1v) is 22.7. The number of rotatable bonds is 16. The van der Waals surface area contributed by atoms with E-state index in [1.165, 1.54) is 40.9 Å². The van der Waals surface area contributed by atoms with Crippen molar-refractivity contribution in [3.63, 3.8) is 0 Å². The highest BCUT2D eigenvalue weighted by atomic mass is 32.2. The summed E-state index contributed by atoms with van der Waals surface area (Å²) in [5.41, 5.74) is 0.175. The standard InChI is InChI=1S/C41H48N6O9S4/c1-40(2,3)55-38(51)42-19-22-57-20-14-21-58-28-24-59-35-30(44-33(48)29(46-53-7)27-23-60-37(43-27)45-39(52)56-41(4,5)6)34(49)47(35)31(28)36(50)54-32(25-15-10-8-11-16-25)26-17-12-9-13-18-26/h8-18,21,23,30,32,35H,19-20,22,24H2,1-7H3,(H,42,51)(H,44,48)(H,43,45,52)/b21-14-,46-29-/t30?,35-/m1/s1. The van der Waals surface area contributed by atoms with Crippen molar-refractivity contribution in [2.75, 3.05) is 36.2 Å². The molecule has 1 saturated heterocycles. The molecule has 1 fully saturated rings. The van der Waals surface area contributed by atoms with Gasteiger partial charge in [-0.1, -0.05) is 83.7 Å². The van der Waals surface area contributed by atoms with Gasteiger partial charge in [-0.25, -0.2) is 19.4 Å². The summed E-state index contributed by atoms with van der Waals surface area (Å²) in [7, 11) is 1.27. The number of thiazole rings is 1. The van der Waals surface area contributed by atoms with Gasteiger partial charge in [-0.3, -0.25) is 19.8 Å². The van der Waals surface area contributed by atoms with Gasteiger partial charge in [-0.2, -0.15) is 11.8 Å². The van der Waals surface area contributed by atoms with E-state index in [0.717, 1.165) is 22.5 Å². The molecule has 5 rings (SSSR count). The van der Waals surface area contributed by atoms with E-state index in [0.29, 0.717) is 28.7 Å². The minimum Gasteiger partial charge on any atom is -0.448 e. The van der Waals surface area contributed by atoms with E-state index in [4.69, 9.17) is 19.0 Å². The van der Waals surface area contributed by atoms with E-state index in [1.807, 2.05) is 72.1 Å². The quantitative estimate of drug-likeness (QED) is 0.0325. The van der Waals surface area contributed by atoms with Gasteiger partial charge < -0.3 is 29.7 Å². The Kier molecular flexibility index (Phi) is 16.1. The molecule has 2 aliphatic rings. The number of hydrogen-bond donors (Lipinski definition) is 3. The van der Waals surface area contributed by atoms with Crippen molar-refractivity contribution in [3.05, 3.63) is 105 Å². The Morgan fingerprint density at radius 2 is 1.60 bits per heavy atom. The number of β-lactam (4-membered cyclic amide) rings is 1. The lowest BCUT2D eigenvalue weighted by molar-refractivity contribution is -0.154. The number of thioether (sulfide) groups is 3. The molecule has 2 atom stereocenters. The fraction of sp³-hybridized carbons (Fsp3) is 0.390. The SMILES string of the molecule is CO/N=C(\C(=O)NC1C(=O)N2C(C(=O)OC(c3ccccc3)c3ccccc3)=C(S/C=C\CSCCNC(=O)OC(C)(C)C)CS[C@H]12)c1csc(NC(=O)OC(C)(C)C)n1. The van der Waals surface area contributed by atoms with Crippen LogP contribution in [0.2, 0.25) is 0 Å². The molecule has 3 N–H and O–H groups in total. The van der Waals surface area contributed by atoms with Crippen molar-refractivity contribution >= 4 is 87.4 Å². The number of anilines is 1. The molecule has 1 aromatic heterocycles. The molecule has 2 aromatic carbocycles. The third-order valence-electron chi connectivity index (χ3n) is 8.03. The number of carbonyl (C=O) groups is 5. The molecular formula is C41H48N6O9S4. The molecule has 4 amide bonds. The van der Waals surface area contributed by atoms with Crippen LogP contribution in [-0.2, 0) is 33.4 Å². The highest BCUT2D eigenvalue weighted by molar-refractivity contribution is 8.08. The van der Waals surface area contributed by atoms with Gasteiger partial charge in [0.2, 0.25) is 0 Å². The molecule has 1 unspecified atom stereocenters. The molecule has 15 nitrogen and oxygen atoms in total. The summed E-state index contributed by atoms with van der Waals surface area (Å²) in [6, 6.07) is 17.7. The zero-order chi connectivity index (χ0) is 43.5. The molecule has 0 spiro atoms.